The highest BCUT2D eigenvalue weighted by atomic mass is 32.2. The van der Waals surface area contributed by atoms with Crippen molar-refractivity contribution >= 4 is 21.5 Å². The van der Waals surface area contributed by atoms with Crippen molar-refractivity contribution in [3.63, 3.8) is 0 Å². The summed E-state index contributed by atoms with van der Waals surface area (Å²) >= 11 is 0. The minimum Gasteiger partial charge on any atom is -0.331 e. The lowest BCUT2D eigenvalue weighted by atomic mass is 10.0. The number of sulfone groups is 1. The molecule has 3 aromatic rings. The zero-order valence-electron chi connectivity index (χ0n) is 20.5. The maximum atomic E-state index is 14.2. The zero-order chi connectivity index (χ0) is 25.5. The molecule has 0 spiro atoms. The molecule has 3 atom stereocenters. The molecule has 7 heteroatoms. The minimum atomic E-state index is -3.69. The van der Waals surface area contributed by atoms with Gasteiger partial charge in [-0.25, -0.2) is 8.42 Å². The van der Waals surface area contributed by atoms with Gasteiger partial charge in [-0.05, 0) is 55.4 Å². The number of ketones is 1. The van der Waals surface area contributed by atoms with Gasteiger partial charge in [-0.3, -0.25) is 14.6 Å². The highest BCUT2D eigenvalue weighted by Gasteiger charge is 2.46. The van der Waals surface area contributed by atoms with E-state index in [0.29, 0.717) is 44.2 Å². The summed E-state index contributed by atoms with van der Waals surface area (Å²) in [5.74, 6) is -1.32. The summed E-state index contributed by atoms with van der Waals surface area (Å²) in [7, 11) is -3.69. The first-order chi connectivity index (χ1) is 17.4. The largest absolute Gasteiger partial charge is 0.331 e. The van der Waals surface area contributed by atoms with Crippen molar-refractivity contribution in [1.82, 2.24) is 9.88 Å². The average Bonchev–Trinajstić information content (AvgIpc) is 3.38. The first kappa shape index (κ1) is 25.8. The molecule has 4 rings (SSSR count). The lowest BCUT2D eigenvalue weighted by Gasteiger charge is -2.34. The second kappa shape index (κ2) is 11.6. The van der Waals surface area contributed by atoms with Crippen LogP contribution in [0.5, 0.6) is 0 Å². The van der Waals surface area contributed by atoms with Gasteiger partial charge < -0.3 is 4.90 Å². The Bertz CT molecular complexity index is 1260. The molecule has 1 aliphatic rings. The number of nitrogens with zero attached hydrogens (tertiary/aromatic N) is 2. The molecule has 0 saturated carbocycles. The van der Waals surface area contributed by atoms with Crippen LogP contribution in [-0.2, 0) is 21.1 Å². The van der Waals surface area contributed by atoms with Crippen LogP contribution < -0.4 is 0 Å². The number of benzene rings is 2. The molecule has 188 valence electrons. The Morgan fingerprint density at radius 1 is 1.00 bits per heavy atom. The van der Waals surface area contributed by atoms with E-state index < -0.39 is 38.1 Å². The second-order valence-corrected chi connectivity index (χ2v) is 11.6. The normalized spacial score (nSPS) is 17.5. The SMILES string of the molecule is CCC(CCc1ccccc1)S(=O)(=O)C(c1ccccc1)[C@@H]1CCCN1C(=O)C(=O)c1cccnc1. The maximum absolute atomic E-state index is 14.2. The molecule has 0 N–H and O–H groups in total. The van der Waals surface area contributed by atoms with Crippen molar-refractivity contribution in [3.8, 4) is 0 Å². The first-order valence-corrected chi connectivity index (χ1v) is 14.1. The van der Waals surface area contributed by atoms with Gasteiger partial charge in [0.05, 0.1) is 11.3 Å². The Morgan fingerprint density at radius 2 is 1.69 bits per heavy atom. The fourth-order valence-corrected chi connectivity index (χ4v) is 7.75. The molecular weight excluding hydrogens is 472 g/mol. The number of aryl methyl sites for hydroxylation is 1. The quantitative estimate of drug-likeness (QED) is 0.292. The van der Waals surface area contributed by atoms with Crippen LogP contribution in [0.4, 0.5) is 0 Å². The number of amides is 1. The summed E-state index contributed by atoms with van der Waals surface area (Å²) in [6.45, 7) is 2.26. The minimum absolute atomic E-state index is 0.210. The Morgan fingerprint density at radius 3 is 2.33 bits per heavy atom. The molecule has 6 nitrogen and oxygen atoms in total. The number of carbonyl (C=O) groups excluding carboxylic acids is 2. The van der Waals surface area contributed by atoms with Gasteiger partial charge >= 0.3 is 0 Å². The van der Waals surface area contributed by atoms with E-state index in [-0.39, 0.29) is 5.56 Å². The second-order valence-electron chi connectivity index (χ2n) is 9.25. The fraction of sp³-hybridized carbons (Fsp3) is 0.345. The van der Waals surface area contributed by atoms with Gasteiger partial charge in [0.1, 0.15) is 5.25 Å². The van der Waals surface area contributed by atoms with Gasteiger partial charge in [0.15, 0.2) is 9.84 Å². The third-order valence-corrected chi connectivity index (χ3v) is 9.82. The summed E-state index contributed by atoms with van der Waals surface area (Å²) in [6.07, 6.45) is 5.73. The van der Waals surface area contributed by atoms with E-state index in [0.717, 1.165) is 5.56 Å². The number of Topliss-reactive ketones (excluding diaryl/α,β-unsaturated/α-hetero) is 1. The van der Waals surface area contributed by atoms with E-state index in [1.54, 1.807) is 12.1 Å². The summed E-state index contributed by atoms with van der Waals surface area (Å²) in [5.41, 5.74) is 1.97. The predicted molar refractivity (Wildman–Crippen MR) is 140 cm³/mol. The van der Waals surface area contributed by atoms with E-state index in [2.05, 4.69) is 4.98 Å². The molecule has 1 amide bonds. The topological polar surface area (TPSA) is 84.4 Å². The number of hydrogen-bond acceptors (Lipinski definition) is 5. The van der Waals surface area contributed by atoms with Crippen LogP contribution >= 0.6 is 0 Å². The number of carbonyl (C=O) groups is 2. The van der Waals surface area contributed by atoms with E-state index in [1.807, 2.05) is 67.6 Å². The lowest BCUT2D eigenvalue weighted by Crippen LogP contribution is -2.46. The number of rotatable bonds is 10. The third kappa shape index (κ3) is 5.57. The molecule has 2 aromatic carbocycles. The van der Waals surface area contributed by atoms with E-state index in [4.69, 9.17) is 0 Å². The van der Waals surface area contributed by atoms with E-state index >= 15 is 0 Å². The monoisotopic (exact) mass is 504 g/mol. The van der Waals surface area contributed by atoms with Crippen molar-refractivity contribution < 1.29 is 18.0 Å². The molecular formula is C29H32N2O4S. The van der Waals surface area contributed by atoms with E-state index in [9.17, 15) is 18.0 Å². The molecule has 0 bridgehead atoms. The molecule has 1 aromatic heterocycles. The average molecular weight is 505 g/mol. The Hall–Kier alpha value is -3.32. The third-order valence-electron chi connectivity index (χ3n) is 7.03. The molecule has 36 heavy (non-hydrogen) atoms. The van der Waals surface area contributed by atoms with Gasteiger partial charge in [0, 0.05) is 24.5 Å². The first-order valence-electron chi connectivity index (χ1n) is 12.5. The number of likely N-dealkylation sites (tertiary alicyclic amines) is 1. The summed E-state index contributed by atoms with van der Waals surface area (Å²) in [5, 5.41) is -1.46. The lowest BCUT2D eigenvalue weighted by molar-refractivity contribution is -0.127. The highest BCUT2D eigenvalue weighted by molar-refractivity contribution is 7.92. The number of aromatic nitrogens is 1. The Kier molecular flexibility index (Phi) is 8.31. The van der Waals surface area contributed by atoms with Crippen molar-refractivity contribution in [2.45, 2.75) is 55.6 Å². The number of hydrogen-bond donors (Lipinski definition) is 0. The van der Waals surface area contributed by atoms with Crippen LogP contribution in [-0.4, -0.2) is 47.8 Å². The van der Waals surface area contributed by atoms with Crippen molar-refractivity contribution in [1.29, 1.82) is 0 Å². The summed E-state index contributed by atoms with van der Waals surface area (Å²) in [6, 6.07) is 21.6. The van der Waals surface area contributed by atoms with Crippen molar-refractivity contribution in [2.75, 3.05) is 6.54 Å². The Balaban J connectivity index is 1.66. The van der Waals surface area contributed by atoms with Crippen LogP contribution in [0.25, 0.3) is 0 Å². The van der Waals surface area contributed by atoms with Gasteiger partial charge in [0.2, 0.25) is 0 Å². The fourth-order valence-electron chi connectivity index (χ4n) is 5.16. The standard InChI is InChI=1S/C29H32N2O4S/c1-2-25(18-17-22-11-5-3-6-12-22)36(34,35)28(23-13-7-4-8-14-23)26-16-10-20-31(26)29(33)27(32)24-15-9-19-30-21-24/h3-9,11-15,19,21,25-26,28H,2,10,16-18,20H2,1H3/t25?,26-,28?/m0/s1. The van der Waals surface area contributed by atoms with Crippen molar-refractivity contribution in [3.05, 3.63) is 102 Å². The molecule has 2 heterocycles. The maximum Gasteiger partial charge on any atom is 0.295 e. The van der Waals surface area contributed by atoms with Crippen LogP contribution in [0, 0.1) is 0 Å². The van der Waals surface area contributed by atoms with Gasteiger partial charge in [-0.2, -0.15) is 0 Å². The van der Waals surface area contributed by atoms with Crippen LogP contribution in [0.3, 0.4) is 0 Å². The highest BCUT2D eigenvalue weighted by Crippen LogP contribution is 2.39. The van der Waals surface area contributed by atoms with Crippen LogP contribution in [0.2, 0.25) is 0 Å². The van der Waals surface area contributed by atoms with Gasteiger partial charge in [-0.15, -0.1) is 0 Å². The predicted octanol–water partition coefficient (Wildman–Crippen LogP) is 4.82. The zero-order valence-corrected chi connectivity index (χ0v) is 21.3. The molecule has 0 aliphatic carbocycles. The molecule has 0 radical (unpaired) electrons. The smallest absolute Gasteiger partial charge is 0.295 e. The molecule has 2 unspecified atom stereocenters. The number of pyridine rings is 1. The van der Waals surface area contributed by atoms with Crippen LogP contribution in [0.1, 0.15) is 59.3 Å². The van der Waals surface area contributed by atoms with Gasteiger partial charge in [-0.1, -0.05) is 67.6 Å². The molecule has 1 fully saturated rings. The Labute approximate surface area is 213 Å². The van der Waals surface area contributed by atoms with Crippen molar-refractivity contribution in [2.24, 2.45) is 0 Å². The summed E-state index contributed by atoms with van der Waals surface area (Å²) < 4.78 is 28.5. The molecule has 1 saturated heterocycles. The van der Waals surface area contributed by atoms with E-state index in [1.165, 1.54) is 17.3 Å². The molecule has 1 aliphatic heterocycles. The van der Waals surface area contributed by atoms with Gasteiger partial charge in [0.25, 0.3) is 11.7 Å². The van der Waals surface area contributed by atoms with Crippen LogP contribution in [0.15, 0.2) is 85.2 Å². The summed E-state index contributed by atoms with van der Waals surface area (Å²) in [4.78, 5) is 31.7.